The fourth-order valence-corrected chi connectivity index (χ4v) is 3.11. The van der Waals surface area contributed by atoms with Crippen molar-refractivity contribution in [2.45, 2.75) is 5.75 Å². The molecule has 130 valence electrons. The van der Waals surface area contributed by atoms with Gasteiger partial charge in [0.2, 0.25) is 5.91 Å². The van der Waals surface area contributed by atoms with Gasteiger partial charge in [-0.2, -0.15) is 0 Å². The zero-order valence-corrected chi connectivity index (χ0v) is 15.2. The van der Waals surface area contributed by atoms with Crippen molar-refractivity contribution in [3.05, 3.63) is 77.3 Å². The molecule has 0 radical (unpaired) electrons. The van der Waals surface area contributed by atoms with Gasteiger partial charge < -0.3 is 10.6 Å². The Morgan fingerprint density at radius 2 is 1.96 bits per heavy atom. The Morgan fingerprint density at radius 1 is 1.16 bits per heavy atom. The predicted octanol–water partition coefficient (Wildman–Crippen LogP) is 4.13. The van der Waals surface area contributed by atoms with Crippen molar-refractivity contribution < 1.29 is 9.59 Å². The Bertz CT molecular complexity index is 765. The Labute approximate surface area is 156 Å². The van der Waals surface area contributed by atoms with Crippen molar-refractivity contribution in [3.8, 4) is 0 Å². The third kappa shape index (κ3) is 6.29. The Kier molecular flexibility index (Phi) is 7.57. The number of thioether (sulfide) groups is 1. The molecule has 0 atom stereocenters. The zero-order valence-electron chi connectivity index (χ0n) is 13.6. The third-order valence-electron chi connectivity index (χ3n) is 3.24. The van der Waals surface area contributed by atoms with E-state index in [1.165, 1.54) is 11.8 Å². The monoisotopic (exact) mass is 374 g/mol. The lowest BCUT2D eigenvalue weighted by atomic mass is 10.1. The van der Waals surface area contributed by atoms with Crippen molar-refractivity contribution >= 4 is 40.9 Å². The lowest BCUT2D eigenvalue weighted by Crippen LogP contribution is -2.25. The Morgan fingerprint density at radius 3 is 2.72 bits per heavy atom. The molecule has 0 bridgehead atoms. The molecule has 6 heteroatoms. The summed E-state index contributed by atoms with van der Waals surface area (Å²) in [4.78, 5) is 24.3. The molecule has 0 unspecified atom stereocenters. The number of anilines is 1. The van der Waals surface area contributed by atoms with E-state index in [2.05, 4.69) is 17.2 Å². The zero-order chi connectivity index (χ0) is 18.1. The number of halogens is 1. The van der Waals surface area contributed by atoms with Crippen LogP contribution in [0.3, 0.4) is 0 Å². The van der Waals surface area contributed by atoms with E-state index >= 15 is 0 Å². The number of rotatable bonds is 8. The largest absolute Gasteiger partial charge is 0.349 e. The molecule has 25 heavy (non-hydrogen) atoms. The first-order valence-corrected chi connectivity index (χ1v) is 9.23. The van der Waals surface area contributed by atoms with E-state index in [0.717, 1.165) is 5.56 Å². The number of hydrogen-bond donors (Lipinski definition) is 2. The van der Waals surface area contributed by atoms with Gasteiger partial charge in [-0.3, -0.25) is 9.59 Å². The lowest BCUT2D eigenvalue weighted by Gasteiger charge is -2.11. The van der Waals surface area contributed by atoms with E-state index in [1.54, 1.807) is 30.3 Å². The summed E-state index contributed by atoms with van der Waals surface area (Å²) in [7, 11) is 0. The van der Waals surface area contributed by atoms with Crippen LogP contribution in [0.4, 0.5) is 5.69 Å². The van der Waals surface area contributed by atoms with Crippen molar-refractivity contribution in [3.63, 3.8) is 0 Å². The first-order chi connectivity index (χ1) is 12.1. The third-order valence-corrected chi connectivity index (χ3v) is 4.48. The number of amides is 2. The minimum Gasteiger partial charge on any atom is -0.349 e. The van der Waals surface area contributed by atoms with Gasteiger partial charge in [0.05, 0.1) is 17.0 Å². The first kappa shape index (κ1) is 19.1. The van der Waals surface area contributed by atoms with Crippen LogP contribution < -0.4 is 10.6 Å². The minimum absolute atomic E-state index is 0.156. The molecule has 4 nitrogen and oxygen atoms in total. The molecular formula is C19H19ClN2O2S. The van der Waals surface area contributed by atoms with Crippen LogP contribution in [0.15, 0.2) is 61.2 Å². The van der Waals surface area contributed by atoms with Crippen LogP contribution in [0, 0.1) is 0 Å². The van der Waals surface area contributed by atoms with E-state index < -0.39 is 0 Å². The summed E-state index contributed by atoms with van der Waals surface area (Å²) in [5, 5.41) is 6.18. The molecule has 0 aromatic heterocycles. The van der Waals surface area contributed by atoms with E-state index in [0.29, 0.717) is 28.6 Å². The highest BCUT2D eigenvalue weighted by Gasteiger charge is 2.12. The highest BCUT2D eigenvalue weighted by molar-refractivity contribution is 7.99. The maximum absolute atomic E-state index is 12.2. The van der Waals surface area contributed by atoms with Gasteiger partial charge in [0.25, 0.3) is 5.91 Å². The van der Waals surface area contributed by atoms with Crippen molar-refractivity contribution in [2.24, 2.45) is 0 Å². The molecule has 2 rings (SSSR count). The number of hydrogen-bond acceptors (Lipinski definition) is 3. The van der Waals surface area contributed by atoms with Gasteiger partial charge in [-0.25, -0.2) is 0 Å². The predicted molar refractivity (Wildman–Crippen MR) is 105 cm³/mol. The molecule has 0 saturated heterocycles. The Balaban J connectivity index is 1.90. The van der Waals surface area contributed by atoms with Crippen LogP contribution in [0.2, 0.25) is 5.02 Å². The smallest absolute Gasteiger partial charge is 0.253 e. The summed E-state index contributed by atoms with van der Waals surface area (Å²) >= 11 is 7.43. The average Bonchev–Trinajstić information content (AvgIpc) is 2.60. The first-order valence-electron chi connectivity index (χ1n) is 7.70. The number of benzene rings is 2. The van der Waals surface area contributed by atoms with Crippen LogP contribution in [0.5, 0.6) is 0 Å². The molecule has 0 aliphatic rings. The van der Waals surface area contributed by atoms with Gasteiger partial charge in [0, 0.05) is 17.3 Å². The van der Waals surface area contributed by atoms with Gasteiger partial charge in [0.15, 0.2) is 0 Å². The van der Waals surface area contributed by atoms with Gasteiger partial charge in [-0.15, -0.1) is 18.3 Å². The molecule has 0 saturated carbocycles. The molecule has 2 aromatic rings. The normalized spacial score (nSPS) is 10.1. The summed E-state index contributed by atoms with van der Waals surface area (Å²) in [6, 6.07) is 14.5. The fraction of sp³-hybridized carbons (Fsp3) is 0.158. The number of para-hydroxylation sites is 1. The molecule has 0 aliphatic heterocycles. The topological polar surface area (TPSA) is 58.2 Å². The van der Waals surface area contributed by atoms with Crippen LogP contribution >= 0.6 is 23.4 Å². The van der Waals surface area contributed by atoms with E-state index in [1.807, 2.05) is 24.3 Å². The second-order valence-corrected chi connectivity index (χ2v) is 6.64. The maximum atomic E-state index is 12.2. The highest BCUT2D eigenvalue weighted by atomic mass is 35.5. The Hall–Kier alpha value is -2.24. The van der Waals surface area contributed by atoms with Crippen LogP contribution in [-0.4, -0.2) is 24.1 Å². The lowest BCUT2D eigenvalue weighted by molar-refractivity contribution is -0.113. The van der Waals surface area contributed by atoms with Gasteiger partial charge in [-0.05, 0) is 29.8 Å². The quantitative estimate of drug-likeness (QED) is 0.683. The van der Waals surface area contributed by atoms with Gasteiger partial charge in [0.1, 0.15) is 0 Å². The molecule has 0 aliphatic carbocycles. The van der Waals surface area contributed by atoms with Crippen LogP contribution in [0.25, 0.3) is 0 Å². The molecule has 2 amide bonds. The summed E-state index contributed by atoms with van der Waals surface area (Å²) in [6.07, 6.45) is 1.60. The molecule has 0 heterocycles. The summed E-state index contributed by atoms with van der Waals surface area (Å²) < 4.78 is 0. The average molecular weight is 375 g/mol. The summed E-state index contributed by atoms with van der Waals surface area (Å²) in [5.41, 5.74) is 1.99. The second-order valence-electron chi connectivity index (χ2n) is 5.22. The van der Waals surface area contributed by atoms with E-state index in [-0.39, 0.29) is 17.6 Å². The molecule has 0 spiro atoms. The van der Waals surface area contributed by atoms with E-state index in [9.17, 15) is 9.59 Å². The molecule has 2 N–H and O–H groups in total. The SMILES string of the molecule is C=CCNC(=O)c1ccccc1NC(=O)CSCc1cccc(Cl)c1. The van der Waals surface area contributed by atoms with Crippen molar-refractivity contribution in [1.82, 2.24) is 5.32 Å². The van der Waals surface area contributed by atoms with E-state index in [4.69, 9.17) is 11.6 Å². The molecule has 0 fully saturated rings. The minimum atomic E-state index is -0.248. The standard InChI is InChI=1S/C19H19ClN2O2S/c1-2-10-21-19(24)16-8-3-4-9-17(16)22-18(23)13-25-12-14-6-5-7-15(20)11-14/h2-9,11H,1,10,12-13H2,(H,21,24)(H,22,23). The second kappa shape index (κ2) is 9.91. The number of nitrogens with one attached hydrogen (secondary N) is 2. The number of carbonyl (C=O) groups is 2. The van der Waals surface area contributed by atoms with Crippen LogP contribution in [0.1, 0.15) is 15.9 Å². The van der Waals surface area contributed by atoms with Crippen LogP contribution in [-0.2, 0) is 10.5 Å². The highest BCUT2D eigenvalue weighted by Crippen LogP contribution is 2.18. The summed E-state index contributed by atoms with van der Waals surface area (Å²) in [5.74, 6) is 0.572. The van der Waals surface area contributed by atoms with Crippen molar-refractivity contribution in [2.75, 3.05) is 17.6 Å². The number of carbonyl (C=O) groups excluding carboxylic acids is 2. The fourth-order valence-electron chi connectivity index (χ4n) is 2.12. The van der Waals surface area contributed by atoms with Gasteiger partial charge >= 0.3 is 0 Å². The van der Waals surface area contributed by atoms with Crippen molar-refractivity contribution in [1.29, 1.82) is 0 Å². The maximum Gasteiger partial charge on any atom is 0.253 e. The molecular weight excluding hydrogens is 356 g/mol. The summed E-state index contributed by atoms with van der Waals surface area (Å²) in [6.45, 7) is 3.94. The van der Waals surface area contributed by atoms with Gasteiger partial charge in [-0.1, -0.05) is 41.9 Å². The molecule has 2 aromatic carbocycles.